The van der Waals surface area contributed by atoms with Gasteiger partial charge in [-0.05, 0) is 16.5 Å². The molecule has 0 bridgehead atoms. The molecule has 1 aromatic carbocycles. The Labute approximate surface area is 135 Å². The summed E-state index contributed by atoms with van der Waals surface area (Å²) in [5.41, 5.74) is 0.306. The summed E-state index contributed by atoms with van der Waals surface area (Å²) in [4.78, 5) is 19.5. The minimum atomic E-state index is -0.234. The van der Waals surface area contributed by atoms with Crippen LogP contribution in [0.1, 0.15) is 5.82 Å². The maximum Gasteiger partial charge on any atom is 0.258 e. The van der Waals surface area contributed by atoms with E-state index in [-0.39, 0.29) is 5.56 Å². The molecule has 0 amide bonds. The van der Waals surface area contributed by atoms with E-state index in [1.54, 1.807) is 23.9 Å². The van der Waals surface area contributed by atoms with Gasteiger partial charge >= 0.3 is 0 Å². The Hall–Kier alpha value is -2.62. The van der Waals surface area contributed by atoms with Gasteiger partial charge in [0.2, 0.25) is 5.16 Å². The minimum Gasteiger partial charge on any atom is -0.493 e. The number of tetrazole rings is 1. The number of hydrogen-bond acceptors (Lipinski definition) is 8. The lowest BCUT2D eigenvalue weighted by molar-refractivity contribution is 0.355. The number of fused-ring (bicyclic) bond motifs is 1. The van der Waals surface area contributed by atoms with Crippen molar-refractivity contribution in [3.8, 4) is 11.5 Å². The standard InChI is InChI=1S/C13H14N6O3S/c1-19-13(16-17-18-19)23-6-11-14-8-5-10(22-3)9(21-2)4-7(8)12(20)15-11/h4-5H,6H2,1-3H3,(H,14,15,20). The van der Waals surface area contributed by atoms with Crippen molar-refractivity contribution in [1.82, 2.24) is 30.2 Å². The van der Waals surface area contributed by atoms with Crippen LogP contribution in [0.4, 0.5) is 0 Å². The third-order valence-corrected chi connectivity index (χ3v) is 4.20. The topological polar surface area (TPSA) is 108 Å². The van der Waals surface area contributed by atoms with Gasteiger partial charge in [0.1, 0.15) is 5.82 Å². The van der Waals surface area contributed by atoms with Crippen molar-refractivity contribution in [2.75, 3.05) is 14.2 Å². The summed E-state index contributed by atoms with van der Waals surface area (Å²) < 4.78 is 12.0. The molecule has 10 heteroatoms. The first-order valence-electron chi connectivity index (χ1n) is 6.62. The van der Waals surface area contributed by atoms with Crippen LogP contribution in [0.3, 0.4) is 0 Å². The zero-order valence-electron chi connectivity index (χ0n) is 12.7. The number of nitrogens with one attached hydrogen (secondary N) is 1. The molecule has 0 saturated heterocycles. The molecule has 3 aromatic rings. The number of aromatic amines is 1. The molecule has 0 fully saturated rings. The zero-order valence-corrected chi connectivity index (χ0v) is 13.5. The van der Waals surface area contributed by atoms with Crippen molar-refractivity contribution < 1.29 is 9.47 Å². The fourth-order valence-corrected chi connectivity index (χ4v) is 2.78. The van der Waals surface area contributed by atoms with Crippen LogP contribution >= 0.6 is 11.8 Å². The molecule has 0 spiro atoms. The molecule has 0 saturated carbocycles. The predicted molar refractivity (Wildman–Crippen MR) is 83.8 cm³/mol. The van der Waals surface area contributed by atoms with Gasteiger partial charge in [-0.2, -0.15) is 0 Å². The SMILES string of the molecule is COc1cc2nc(CSc3nnnn3C)[nH]c(=O)c2cc1OC. The van der Waals surface area contributed by atoms with Crippen LogP contribution < -0.4 is 15.0 Å². The molecule has 3 rings (SSSR count). The van der Waals surface area contributed by atoms with Crippen LogP contribution in [-0.2, 0) is 12.8 Å². The van der Waals surface area contributed by atoms with Crippen molar-refractivity contribution in [2.24, 2.45) is 7.05 Å². The third-order valence-electron chi connectivity index (χ3n) is 3.18. The van der Waals surface area contributed by atoms with Gasteiger partial charge in [0, 0.05) is 13.1 Å². The van der Waals surface area contributed by atoms with Gasteiger partial charge in [0.05, 0.1) is 30.9 Å². The van der Waals surface area contributed by atoms with Crippen LogP contribution in [0, 0.1) is 0 Å². The number of methoxy groups -OCH3 is 2. The smallest absolute Gasteiger partial charge is 0.258 e. The molecule has 23 heavy (non-hydrogen) atoms. The van der Waals surface area contributed by atoms with Crippen LogP contribution in [-0.4, -0.2) is 44.4 Å². The van der Waals surface area contributed by atoms with E-state index in [1.807, 2.05) is 0 Å². The molecular weight excluding hydrogens is 320 g/mol. The normalized spacial score (nSPS) is 10.9. The average Bonchev–Trinajstić information content (AvgIpc) is 2.97. The van der Waals surface area contributed by atoms with Crippen molar-refractivity contribution in [3.63, 3.8) is 0 Å². The number of aromatic nitrogens is 6. The van der Waals surface area contributed by atoms with E-state index in [4.69, 9.17) is 9.47 Å². The van der Waals surface area contributed by atoms with Crippen LogP contribution in [0.25, 0.3) is 10.9 Å². The van der Waals surface area contributed by atoms with Gasteiger partial charge < -0.3 is 14.5 Å². The summed E-state index contributed by atoms with van der Waals surface area (Å²) in [6, 6.07) is 3.30. The molecule has 1 N–H and O–H groups in total. The molecule has 120 valence electrons. The number of aryl methyl sites for hydroxylation is 1. The second kappa shape index (κ2) is 6.24. The van der Waals surface area contributed by atoms with Crippen molar-refractivity contribution >= 4 is 22.7 Å². The molecule has 0 radical (unpaired) electrons. The number of rotatable bonds is 5. The summed E-state index contributed by atoms with van der Waals surface area (Å²) in [5.74, 6) is 1.98. The summed E-state index contributed by atoms with van der Waals surface area (Å²) in [6.07, 6.45) is 0. The minimum absolute atomic E-state index is 0.234. The first-order chi connectivity index (χ1) is 11.1. The van der Waals surface area contributed by atoms with E-state index in [0.717, 1.165) is 0 Å². The summed E-state index contributed by atoms with van der Waals surface area (Å²) >= 11 is 1.38. The van der Waals surface area contributed by atoms with Crippen molar-refractivity contribution in [3.05, 3.63) is 28.3 Å². The molecule has 0 atom stereocenters. The fraction of sp³-hybridized carbons (Fsp3) is 0.308. The third kappa shape index (κ3) is 2.97. The van der Waals surface area contributed by atoms with E-state index in [2.05, 4.69) is 25.5 Å². The van der Waals surface area contributed by atoms with Gasteiger partial charge in [-0.25, -0.2) is 9.67 Å². The number of thioether (sulfide) groups is 1. The number of H-pyrrole nitrogens is 1. The molecule has 0 aliphatic heterocycles. The van der Waals surface area contributed by atoms with Gasteiger partial charge in [-0.15, -0.1) is 5.10 Å². The Kier molecular flexibility index (Phi) is 4.15. The molecule has 9 nitrogen and oxygen atoms in total. The van der Waals surface area contributed by atoms with E-state index in [1.165, 1.54) is 26.0 Å². The van der Waals surface area contributed by atoms with Gasteiger partial charge in [-0.1, -0.05) is 11.8 Å². The monoisotopic (exact) mass is 334 g/mol. The first kappa shape index (κ1) is 15.3. The molecular formula is C13H14N6O3S. The summed E-state index contributed by atoms with van der Waals surface area (Å²) in [5, 5.41) is 12.3. The Morgan fingerprint density at radius 1 is 1.26 bits per heavy atom. The molecule has 2 aromatic heterocycles. The summed E-state index contributed by atoms with van der Waals surface area (Å²) in [7, 11) is 4.80. The second-order valence-corrected chi connectivity index (χ2v) is 5.55. The Morgan fingerprint density at radius 3 is 2.65 bits per heavy atom. The van der Waals surface area contributed by atoms with Crippen LogP contribution in [0.5, 0.6) is 11.5 Å². The molecule has 0 unspecified atom stereocenters. The first-order valence-corrected chi connectivity index (χ1v) is 7.61. The number of benzene rings is 1. The Morgan fingerprint density at radius 2 is 2.00 bits per heavy atom. The fourth-order valence-electron chi connectivity index (χ4n) is 2.06. The van der Waals surface area contributed by atoms with Crippen molar-refractivity contribution in [2.45, 2.75) is 10.9 Å². The number of nitrogens with zero attached hydrogens (tertiary/aromatic N) is 5. The van der Waals surface area contributed by atoms with E-state index in [9.17, 15) is 4.79 Å². The maximum absolute atomic E-state index is 12.2. The Bertz CT molecular complexity index is 906. The highest BCUT2D eigenvalue weighted by atomic mass is 32.2. The highest BCUT2D eigenvalue weighted by Crippen LogP contribution is 2.30. The number of ether oxygens (including phenoxy) is 2. The lowest BCUT2D eigenvalue weighted by Gasteiger charge is -2.09. The van der Waals surface area contributed by atoms with Gasteiger partial charge in [0.25, 0.3) is 5.56 Å². The van der Waals surface area contributed by atoms with E-state index < -0.39 is 0 Å². The molecule has 0 aliphatic rings. The number of hydrogen-bond donors (Lipinski definition) is 1. The lowest BCUT2D eigenvalue weighted by atomic mass is 10.2. The average molecular weight is 334 g/mol. The van der Waals surface area contributed by atoms with Crippen molar-refractivity contribution in [1.29, 1.82) is 0 Å². The van der Waals surface area contributed by atoms with E-state index in [0.29, 0.717) is 39.1 Å². The maximum atomic E-state index is 12.2. The highest BCUT2D eigenvalue weighted by molar-refractivity contribution is 7.98. The van der Waals surface area contributed by atoms with Crippen LogP contribution in [0.2, 0.25) is 0 Å². The predicted octanol–water partition coefficient (Wildman–Crippen LogP) is 0.756. The molecule has 2 heterocycles. The summed E-state index contributed by atoms with van der Waals surface area (Å²) in [6.45, 7) is 0. The van der Waals surface area contributed by atoms with Gasteiger partial charge in [-0.3, -0.25) is 4.79 Å². The van der Waals surface area contributed by atoms with Gasteiger partial charge in [0.15, 0.2) is 11.5 Å². The van der Waals surface area contributed by atoms with E-state index >= 15 is 0 Å². The highest BCUT2D eigenvalue weighted by Gasteiger charge is 2.12. The molecule has 0 aliphatic carbocycles. The largest absolute Gasteiger partial charge is 0.493 e. The second-order valence-electron chi connectivity index (χ2n) is 4.61. The lowest BCUT2D eigenvalue weighted by Crippen LogP contribution is -2.12. The quantitative estimate of drug-likeness (QED) is 0.681. The zero-order chi connectivity index (χ0) is 16.4. The van der Waals surface area contributed by atoms with Crippen LogP contribution in [0.15, 0.2) is 22.1 Å². The Balaban J connectivity index is 1.96.